The van der Waals surface area contributed by atoms with Gasteiger partial charge in [-0.15, -0.1) is 0 Å². The predicted molar refractivity (Wildman–Crippen MR) is 82.9 cm³/mol. The fourth-order valence-electron chi connectivity index (χ4n) is 3.22. The Morgan fingerprint density at radius 3 is 2.71 bits per heavy atom. The number of aromatic nitrogens is 1. The van der Waals surface area contributed by atoms with Crippen molar-refractivity contribution in [1.82, 2.24) is 9.88 Å². The zero-order valence-corrected chi connectivity index (χ0v) is 13.7. The number of methoxy groups -OCH3 is 1. The maximum absolute atomic E-state index is 12.4. The Hall–Kier alpha value is -1.42. The van der Waals surface area contributed by atoms with Gasteiger partial charge in [-0.3, -0.25) is 9.78 Å². The molecule has 2 atom stereocenters. The SMILES string of the molecule is CO[C@]1(C)C[C@H](N(C)C(=O)CCc2cccnc2)C1(C)C. The fourth-order valence-corrected chi connectivity index (χ4v) is 3.22. The average molecular weight is 290 g/mol. The van der Waals surface area contributed by atoms with Gasteiger partial charge in [0.15, 0.2) is 0 Å². The molecule has 1 amide bonds. The minimum atomic E-state index is -0.143. The minimum absolute atomic E-state index is 0.0273. The second-order valence-electron chi connectivity index (χ2n) is 6.74. The van der Waals surface area contributed by atoms with Gasteiger partial charge in [-0.1, -0.05) is 19.9 Å². The summed E-state index contributed by atoms with van der Waals surface area (Å²) in [6.45, 7) is 6.47. The highest BCUT2D eigenvalue weighted by Gasteiger charge is 2.59. The van der Waals surface area contributed by atoms with Crippen molar-refractivity contribution < 1.29 is 9.53 Å². The van der Waals surface area contributed by atoms with Crippen molar-refractivity contribution in [3.05, 3.63) is 30.1 Å². The van der Waals surface area contributed by atoms with Crippen LogP contribution in [-0.4, -0.2) is 41.6 Å². The molecule has 0 N–H and O–H groups in total. The summed E-state index contributed by atoms with van der Waals surface area (Å²) in [5.41, 5.74) is 0.935. The van der Waals surface area contributed by atoms with Crippen molar-refractivity contribution in [3.8, 4) is 0 Å². The third kappa shape index (κ3) is 2.82. The number of carbonyl (C=O) groups is 1. The third-order valence-corrected chi connectivity index (χ3v) is 5.44. The molecular formula is C17H26N2O2. The Morgan fingerprint density at radius 1 is 1.48 bits per heavy atom. The van der Waals surface area contributed by atoms with Crippen molar-refractivity contribution in [1.29, 1.82) is 0 Å². The molecule has 1 aliphatic rings. The minimum Gasteiger partial charge on any atom is -0.378 e. The zero-order chi connectivity index (χ0) is 15.7. The van der Waals surface area contributed by atoms with Gasteiger partial charge < -0.3 is 9.64 Å². The first-order chi connectivity index (χ1) is 9.82. The van der Waals surface area contributed by atoms with E-state index in [1.165, 1.54) is 0 Å². The Bertz CT molecular complexity index is 501. The van der Waals surface area contributed by atoms with Crippen molar-refractivity contribution in [2.45, 2.75) is 51.7 Å². The molecule has 1 fully saturated rings. The van der Waals surface area contributed by atoms with Gasteiger partial charge >= 0.3 is 0 Å². The largest absolute Gasteiger partial charge is 0.378 e. The average Bonchev–Trinajstić information content (AvgIpc) is 2.50. The molecule has 116 valence electrons. The number of hydrogen-bond donors (Lipinski definition) is 0. The van der Waals surface area contributed by atoms with Crippen molar-refractivity contribution in [3.63, 3.8) is 0 Å². The van der Waals surface area contributed by atoms with Crippen LogP contribution >= 0.6 is 0 Å². The lowest BCUT2D eigenvalue weighted by Crippen LogP contribution is -2.68. The van der Waals surface area contributed by atoms with E-state index in [4.69, 9.17) is 4.74 Å². The maximum atomic E-state index is 12.4. The monoisotopic (exact) mass is 290 g/mol. The number of aryl methyl sites for hydroxylation is 1. The van der Waals surface area contributed by atoms with Gasteiger partial charge in [-0.25, -0.2) is 0 Å². The van der Waals surface area contributed by atoms with Crippen LogP contribution in [-0.2, 0) is 16.0 Å². The summed E-state index contributed by atoms with van der Waals surface area (Å²) in [4.78, 5) is 18.4. The lowest BCUT2D eigenvalue weighted by molar-refractivity contribution is -0.207. The third-order valence-electron chi connectivity index (χ3n) is 5.44. The lowest BCUT2D eigenvalue weighted by Gasteiger charge is -2.61. The van der Waals surface area contributed by atoms with E-state index >= 15 is 0 Å². The molecule has 0 bridgehead atoms. The van der Waals surface area contributed by atoms with Gasteiger partial charge in [0.25, 0.3) is 0 Å². The molecule has 0 aromatic carbocycles. The van der Waals surface area contributed by atoms with Crippen LogP contribution in [0.2, 0.25) is 0 Å². The summed E-state index contributed by atoms with van der Waals surface area (Å²) in [7, 11) is 3.66. The molecule has 1 aromatic heterocycles. The van der Waals surface area contributed by atoms with Crippen LogP contribution in [0.3, 0.4) is 0 Å². The highest BCUT2D eigenvalue weighted by atomic mass is 16.5. The Morgan fingerprint density at radius 2 is 2.19 bits per heavy atom. The topological polar surface area (TPSA) is 42.4 Å². The molecule has 0 unspecified atom stereocenters. The first-order valence-corrected chi connectivity index (χ1v) is 7.51. The van der Waals surface area contributed by atoms with E-state index in [0.717, 1.165) is 18.4 Å². The van der Waals surface area contributed by atoms with Crippen LogP contribution < -0.4 is 0 Å². The van der Waals surface area contributed by atoms with Crippen LogP contribution in [0.4, 0.5) is 0 Å². The second kappa shape index (κ2) is 5.76. The molecule has 0 aliphatic heterocycles. The summed E-state index contributed by atoms with van der Waals surface area (Å²) < 4.78 is 5.63. The Labute approximate surface area is 127 Å². The van der Waals surface area contributed by atoms with Crippen LogP contribution in [0.5, 0.6) is 0 Å². The van der Waals surface area contributed by atoms with Crippen LogP contribution in [0.25, 0.3) is 0 Å². The molecule has 0 saturated heterocycles. The summed E-state index contributed by atoms with van der Waals surface area (Å²) >= 11 is 0. The Kier molecular flexibility index (Phi) is 4.38. The van der Waals surface area contributed by atoms with E-state index in [9.17, 15) is 4.79 Å². The molecule has 4 nitrogen and oxygen atoms in total. The summed E-state index contributed by atoms with van der Waals surface area (Å²) in [5, 5.41) is 0. The first-order valence-electron chi connectivity index (χ1n) is 7.51. The quantitative estimate of drug-likeness (QED) is 0.837. The van der Waals surface area contributed by atoms with E-state index in [2.05, 4.69) is 25.8 Å². The van der Waals surface area contributed by atoms with E-state index in [1.54, 1.807) is 13.3 Å². The van der Waals surface area contributed by atoms with E-state index in [1.807, 2.05) is 30.3 Å². The van der Waals surface area contributed by atoms with Gasteiger partial charge in [-0.2, -0.15) is 0 Å². The molecule has 1 aromatic rings. The summed E-state index contributed by atoms with van der Waals surface area (Å²) in [6, 6.07) is 4.15. The molecular weight excluding hydrogens is 264 g/mol. The van der Waals surface area contributed by atoms with Crippen LogP contribution in [0.15, 0.2) is 24.5 Å². The molecule has 0 radical (unpaired) electrons. The molecule has 1 saturated carbocycles. The molecule has 4 heteroatoms. The molecule has 0 spiro atoms. The highest BCUT2D eigenvalue weighted by molar-refractivity contribution is 5.76. The Balaban J connectivity index is 1.92. The number of amides is 1. The van der Waals surface area contributed by atoms with Gasteiger partial charge in [-0.05, 0) is 31.4 Å². The van der Waals surface area contributed by atoms with Crippen LogP contribution in [0, 0.1) is 5.41 Å². The molecule has 1 heterocycles. The smallest absolute Gasteiger partial charge is 0.222 e. The van der Waals surface area contributed by atoms with E-state index in [-0.39, 0.29) is 23.0 Å². The van der Waals surface area contributed by atoms with Crippen molar-refractivity contribution >= 4 is 5.91 Å². The molecule has 2 rings (SSSR count). The van der Waals surface area contributed by atoms with Crippen molar-refractivity contribution in [2.24, 2.45) is 5.41 Å². The number of rotatable bonds is 5. The van der Waals surface area contributed by atoms with Crippen molar-refractivity contribution in [2.75, 3.05) is 14.2 Å². The number of hydrogen-bond acceptors (Lipinski definition) is 3. The van der Waals surface area contributed by atoms with E-state index in [0.29, 0.717) is 6.42 Å². The maximum Gasteiger partial charge on any atom is 0.222 e. The molecule has 1 aliphatic carbocycles. The fraction of sp³-hybridized carbons (Fsp3) is 0.647. The van der Waals surface area contributed by atoms with Gasteiger partial charge in [0, 0.05) is 44.4 Å². The normalized spacial score (nSPS) is 27.0. The highest BCUT2D eigenvalue weighted by Crippen LogP contribution is 2.53. The first kappa shape index (κ1) is 16.0. The number of pyridine rings is 1. The lowest BCUT2D eigenvalue weighted by atomic mass is 9.55. The standard InChI is InChI=1S/C17H26N2O2/c1-16(2)14(11-17(16,3)21-5)19(4)15(20)9-8-13-7-6-10-18-12-13/h6-7,10,12,14H,8-9,11H2,1-5H3/t14-,17+/m0/s1. The molecule has 21 heavy (non-hydrogen) atoms. The second-order valence-corrected chi connectivity index (χ2v) is 6.74. The zero-order valence-electron chi connectivity index (χ0n) is 13.7. The van der Waals surface area contributed by atoms with Crippen LogP contribution in [0.1, 0.15) is 39.2 Å². The van der Waals surface area contributed by atoms with Gasteiger partial charge in [0.2, 0.25) is 5.91 Å². The van der Waals surface area contributed by atoms with Gasteiger partial charge in [0.05, 0.1) is 5.60 Å². The number of nitrogens with zero attached hydrogens (tertiary/aromatic N) is 2. The summed E-state index contributed by atoms with van der Waals surface area (Å²) in [5.74, 6) is 0.190. The number of ether oxygens (including phenoxy) is 1. The van der Waals surface area contributed by atoms with E-state index < -0.39 is 0 Å². The van der Waals surface area contributed by atoms with Gasteiger partial charge in [0.1, 0.15) is 0 Å². The summed E-state index contributed by atoms with van der Waals surface area (Å²) in [6.07, 6.45) is 5.73. The predicted octanol–water partition coefficient (Wildman–Crippen LogP) is 2.68. The number of carbonyl (C=O) groups excluding carboxylic acids is 1.